The van der Waals surface area contributed by atoms with Crippen LogP contribution >= 0.6 is 0 Å². The van der Waals surface area contributed by atoms with Crippen LogP contribution in [0.25, 0.3) is 0 Å². The van der Waals surface area contributed by atoms with Gasteiger partial charge in [0.2, 0.25) is 10.0 Å². The zero-order chi connectivity index (χ0) is 23.9. The van der Waals surface area contributed by atoms with E-state index in [4.69, 9.17) is 14.2 Å². The molecular formula is C22H26N6O5S. The van der Waals surface area contributed by atoms with E-state index in [-0.39, 0.29) is 30.2 Å². The number of nitrogens with zero attached hydrogens (tertiary/aromatic N) is 5. The van der Waals surface area contributed by atoms with Gasteiger partial charge in [-0.2, -0.15) is 4.68 Å². The van der Waals surface area contributed by atoms with Gasteiger partial charge in [-0.1, -0.05) is 28.9 Å². The maximum atomic E-state index is 12.8. The standard InChI is InChI=1S/C22H26N6O5S/c1-14-7-9-17(10-8-14)34(29,30)24-18-12-31-21-19(13-32-20(18)21)28-22(23-25-26-28)33-16-6-4-5-15(11-16)27(2)3/h4-11,18-21,24H,12-13H2,1-3H3/t18-,19-,20+,21+/m0/s1. The summed E-state index contributed by atoms with van der Waals surface area (Å²) in [6, 6.07) is 13.6. The van der Waals surface area contributed by atoms with Crippen molar-refractivity contribution in [3.63, 3.8) is 0 Å². The molecule has 4 atom stereocenters. The van der Waals surface area contributed by atoms with E-state index in [0.29, 0.717) is 5.75 Å². The molecule has 2 fully saturated rings. The van der Waals surface area contributed by atoms with Gasteiger partial charge in [0.15, 0.2) is 0 Å². The van der Waals surface area contributed by atoms with Gasteiger partial charge in [-0.3, -0.25) is 0 Å². The SMILES string of the molecule is Cc1ccc(S(=O)(=O)N[C@H]2CO[C@H]3[C@@H]2OC[C@@H]3n2nnnc2Oc2cccc(N(C)C)c2)cc1. The predicted molar refractivity (Wildman–Crippen MR) is 122 cm³/mol. The summed E-state index contributed by atoms with van der Waals surface area (Å²) in [6.07, 6.45) is -0.899. The van der Waals surface area contributed by atoms with Gasteiger partial charge in [0.25, 0.3) is 0 Å². The van der Waals surface area contributed by atoms with Crippen molar-refractivity contribution < 1.29 is 22.6 Å². The molecular weight excluding hydrogens is 460 g/mol. The third kappa shape index (κ3) is 4.37. The first kappa shape index (κ1) is 22.7. The molecule has 3 heterocycles. The number of fused-ring (bicyclic) bond motifs is 1. The van der Waals surface area contributed by atoms with Crippen LogP contribution in [-0.4, -0.2) is 74.2 Å². The van der Waals surface area contributed by atoms with Gasteiger partial charge in [-0.05, 0) is 41.6 Å². The maximum absolute atomic E-state index is 12.8. The highest BCUT2D eigenvalue weighted by atomic mass is 32.2. The van der Waals surface area contributed by atoms with Crippen molar-refractivity contribution in [2.45, 2.75) is 36.1 Å². The van der Waals surface area contributed by atoms with Gasteiger partial charge in [0, 0.05) is 25.8 Å². The number of ether oxygens (including phenoxy) is 3. The number of rotatable bonds is 7. The third-order valence-corrected chi connectivity index (χ3v) is 7.49. The van der Waals surface area contributed by atoms with Crippen LogP contribution in [0, 0.1) is 6.92 Å². The molecule has 0 aliphatic carbocycles. The van der Waals surface area contributed by atoms with Crippen LogP contribution in [-0.2, 0) is 19.5 Å². The molecule has 0 bridgehead atoms. The van der Waals surface area contributed by atoms with Crippen LogP contribution in [0.1, 0.15) is 11.6 Å². The lowest BCUT2D eigenvalue weighted by Gasteiger charge is -2.18. The Hall–Kier alpha value is -3.06. The molecule has 0 amide bonds. The number of hydrogen-bond acceptors (Lipinski definition) is 9. The van der Waals surface area contributed by atoms with Gasteiger partial charge in [0.05, 0.1) is 24.2 Å². The summed E-state index contributed by atoms with van der Waals surface area (Å²) in [6.45, 7) is 2.35. The smallest absolute Gasteiger partial charge is 0.341 e. The zero-order valence-corrected chi connectivity index (χ0v) is 19.8. The van der Waals surface area contributed by atoms with Crippen molar-refractivity contribution in [1.82, 2.24) is 24.9 Å². The molecule has 2 aliphatic heterocycles. The second-order valence-electron chi connectivity index (χ2n) is 8.60. The molecule has 2 aromatic carbocycles. The summed E-state index contributed by atoms with van der Waals surface area (Å²) < 4.78 is 47.8. The summed E-state index contributed by atoms with van der Waals surface area (Å²) in [4.78, 5) is 2.17. The van der Waals surface area contributed by atoms with Gasteiger partial charge in [-0.25, -0.2) is 13.1 Å². The summed E-state index contributed by atoms with van der Waals surface area (Å²) in [5, 5.41) is 11.9. The fourth-order valence-electron chi connectivity index (χ4n) is 4.17. The monoisotopic (exact) mass is 486 g/mol. The van der Waals surface area contributed by atoms with Crippen LogP contribution in [0.3, 0.4) is 0 Å². The fourth-order valence-corrected chi connectivity index (χ4v) is 5.40. The van der Waals surface area contributed by atoms with Gasteiger partial charge >= 0.3 is 6.01 Å². The average molecular weight is 487 g/mol. The molecule has 11 nitrogen and oxygen atoms in total. The Labute approximate surface area is 197 Å². The van der Waals surface area contributed by atoms with Crippen molar-refractivity contribution in [2.75, 3.05) is 32.2 Å². The van der Waals surface area contributed by atoms with E-state index in [9.17, 15) is 8.42 Å². The van der Waals surface area contributed by atoms with Crippen LogP contribution in [0.4, 0.5) is 5.69 Å². The van der Waals surface area contributed by atoms with E-state index in [1.54, 1.807) is 24.3 Å². The van der Waals surface area contributed by atoms with E-state index < -0.39 is 28.3 Å². The molecule has 2 saturated heterocycles. The Balaban J connectivity index is 1.30. The van der Waals surface area contributed by atoms with E-state index in [0.717, 1.165) is 11.3 Å². The predicted octanol–water partition coefficient (Wildman–Crippen LogP) is 1.53. The quantitative estimate of drug-likeness (QED) is 0.530. The zero-order valence-electron chi connectivity index (χ0n) is 19.0. The maximum Gasteiger partial charge on any atom is 0.341 e. The number of benzene rings is 2. The highest BCUT2D eigenvalue weighted by Crippen LogP contribution is 2.36. The van der Waals surface area contributed by atoms with Crippen molar-refractivity contribution >= 4 is 15.7 Å². The number of tetrazole rings is 1. The number of nitrogens with one attached hydrogen (secondary N) is 1. The summed E-state index contributed by atoms with van der Waals surface area (Å²) >= 11 is 0. The highest BCUT2D eigenvalue weighted by molar-refractivity contribution is 7.89. The molecule has 5 rings (SSSR count). The van der Waals surface area contributed by atoms with Crippen LogP contribution in [0.2, 0.25) is 0 Å². The summed E-state index contributed by atoms with van der Waals surface area (Å²) in [7, 11) is 0.173. The van der Waals surface area contributed by atoms with E-state index in [1.165, 1.54) is 4.68 Å². The minimum Gasteiger partial charge on any atom is -0.423 e. The molecule has 0 spiro atoms. The van der Waals surface area contributed by atoms with Crippen LogP contribution < -0.4 is 14.4 Å². The Kier molecular flexibility index (Phi) is 5.98. The van der Waals surface area contributed by atoms with Crippen molar-refractivity contribution in [1.29, 1.82) is 0 Å². The molecule has 0 saturated carbocycles. The molecule has 3 aromatic rings. The van der Waals surface area contributed by atoms with Gasteiger partial charge in [-0.15, -0.1) is 0 Å². The fraction of sp³-hybridized carbons (Fsp3) is 0.409. The first-order valence-electron chi connectivity index (χ1n) is 10.9. The molecule has 0 radical (unpaired) electrons. The van der Waals surface area contributed by atoms with E-state index in [2.05, 4.69) is 20.2 Å². The Bertz CT molecular complexity index is 1260. The molecule has 0 unspecified atom stereocenters. The van der Waals surface area contributed by atoms with Crippen molar-refractivity contribution in [3.05, 3.63) is 54.1 Å². The second-order valence-corrected chi connectivity index (χ2v) is 10.3. The lowest BCUT2D eigenvalue weighted by molar-refractivity contribution is 0.0615. The van der Waals surface area contributed by atoms with Gasteiger partial charge in [0.1, 0.15) is 24.0 Å². The Morgan fingerprint density at radius 3 is 2.62 bits per heavy atom. The third-order valence-electron chi connectivity index (χ3n) is 5.98. The summed E-state index contributed by atoms with van der Waals surface area (Å²) in [5.74, 6) is 0.591. The minimum absolute atomic E-state index is 0.181. The highest BCUT2D eigenvalue weighted by Gasteiger charge is 2.50. The van der Waals surface area contributed by atoms with E-state index >= 15 is 0 Å². The van der Waals surface area contributed by atoms with Gasteiger partial charge < -0.3 is 19.1 Å². The molecule has 2 aliphatic rings. The summed E-state index contributed by atoms with van der Waals surface area (Å²) in [5.41, 5.74) is 1.96. The lowest BCUT2D eigenvalue weighted by Crippen LogP contribution is -2.44. The normalized spacial score (nSPS) is 24.2. The molecule has 180 valence electrons. The van der Waals surface area contributed by atoms with Crippen LogP contribution in [0.5, 0.6) is 11.8 Å². The van der Waals surface area contributed by atoms with E-state index in [1.807, 2.05) is 50.2 Å². The van der Waals surface area contributed by atoms with Crippen LogP contribution in [0.15, 0.2) is 53.4 Å². The number of anilines is 1. The number of hydrogen-bond donors (Lipinski definition) is 1. The van der Waals surface area contributed by atoms with Crippen molar-refractivity contribution in [3.8, 4) is 11.8 Å². The minimum atomic E-state index is -3.72. The Morgan fingerprint density at radius 1 is 1.09 bits per heavy atom. The molecule has 1 aromatic heterocycles. The Morgan fingerprint density at radius 2 is 1.85 bits per heavy atom. The first-order valence-corrected chi connectivity index (χ1v) is 12.4. The number of sulfonamides is 1. The first-order chi connectivity index (χ1) is 16.3. The molecule has 1 N–H and O–H groups in total. The molecule has 34 heavy (non-hydrogen) atoms. The molecule has 12 heteroatoms. The lowest BCUT2D eigenvalue weighted by atomic mass is 10.1. The van der Waals surface area contributed by atoms with Crippen molar-refractivity contribution in [2.24, 2.45) is 0 Å². The largest absolute Gasteiger partial charge is 0.423 e. The topological polar surface area (TPSA) is 121 Å². The second kappa shape index (κ2) is 8.95. The number of aryl methyl sites for hydroxylation is 1. The number of aromatic nitrogens is 4. The average Bonchev–Trinajstić information content (AvgIpc) is 3.52.